The highest BCUT2D eigenvalue weighted by Crippen LogP contribution is 2.32. The van der Waals surface area contributed by atoms with E-state index in [2.05, 4.69) is 65.7 Å². The molecule has 33 heavy (non-hydrogen) atoms. The van der Waals surface area contributed by atoms with Crippen molar-refractivity contribution in [1.82, 2.24) is 10.3 Å². The molecule has 0 saturated carbocycles. The van der Waals surface area contributed by atoms with Crippen molar-refractivity contribution in [2.45, 2.75) is 18.8 Å². The van der Waals surface area contributed by atoms with Crippen LogP contribution in [-0.4, -0.2) is 30.2 Å². The summed E-state index contributed by atoms with van der Waals surface area (Å²) < 4.78 is 0. The minimum absolute atomic E-state index is 0.159. The topological polar surface area (TPSA) is 60.3 Å². The first-order valence-corrected chi connectivity index (χ1v) is 11.8. The standard InChI is InChI=1S/C26H25N5OS/c1-17-8-10-18(11-9-17)16-33-26-28-25(32)23-21-6-4-5-7-22(21)27-24(31(23)29-26)19-12-14-20(15-13-19)30(2)3/h4-15,24H,16H2,1-3H3,(H,28,29,32). The highest BCUT2D eigenvalue weighted by Gasteiger charge is 2.34. The maximum absolute atomic E-state index is 13.2. The molecule has 1 amide bonds. The van der Waals surface area contributed by atoms with E-state index in [-0.39, 0.29) is 5.91 Å². The van der Waals surface area contributed by atoms with Gasteiger partial charge in [-0.1, -0.05) is 71.9 Å². The maximum Gasteiger partial charge on any atom is 0.276 e. The normalized spacial score (nSPS) is 16.9. The molecule has 2 aliphatic heterocycles. The molecule has 5 rings (SSSR count). The van der Waals surface area contributed by atoms with Gasteiger partial charge in [0.15, 0.2) is 11.3 Å². The number of thioether (sulfide) groups is 1. The van der Waals surface area contributed by atoms with Crippen molar-refractivity contribution in [1.29, 1.82) is 0 Å². The quantitative estimate of drug-likeness (QED) is 0.657. The van der Waals surface area contributed by atoms with Crippen molar-refractivity contribution >= 4 is 34.2 Å². The van der Waals surface area contributed by atoms with Gasteiger partial charge in [-0.15, -0.1) is 5.10 Å². The number of hydrazone groups is 1. The average Bonchev–Trinajstić information content (AvgIpc) is 2.83. The number of carbonyl (C=O) groups is 1. The molecule has 0 fully saturated rings. The van der Waals surface area contributed by atoms with Crippen molar-refractivity contribution < 1.29 is 4.79 Å². The van der Waals surface area contributed by atoms with E-state index >= 15 is 0 Å². The third kappa shape index (κ3) is 4.24. The number of carbonyl (C=O) groups excluding carboxylic acids is 1. The van der Waals surface area contributed by atoms with Crippen LogP contribution in [0.3, 0.4) is 0 Å². The molecule has 7 heteroatoms. The van der Waals surface area contributed by atoms with E-state index in [1.54, 1.807) is 5.01 Å². The molecule has 0 aliphatic carbocycles. The number of benzene rings is 3. The second-order valence-corrected chi connectivity index (χ2v) is 9.30. The van der Waals surface area contributed by atoms with Crippen molar-refractivity contribution in [2.24, 2.45) is 10.1 Å². The number of amides is 1. The molecule has 166 valence electrons. The molecular weight excluding hydrogens is 430 g/mol. The molecule has 2 heterocycles. The van der Waals surface area contributed by atoms with E-state index in [0.717, 1.165) is 27.6 Å². The van der Waals surface area contributed by atoms with Gasteiger partial charge in [-0.05, 0) is 36.2 Å². The average molecular weight is 456 g/mol. The van der Waals surface area contributed by atoms with Crippen LogP contribution in [0.25, 0.3) is 5.70 Å². The Morgan fingerprint density at radius 1 is 1.00 bits per heavy atom. The number of aryl methyl sites for hydroxylation is 1. The molecule has 2 aliphatic rings. The Morgan fingerprint density at radius 3 is 2.45 bits per heavy atom. The third-order valence-electron chi connectivity index (χ3n) is 5.72. The fraction of sp³-hybridized carbons (Fsp3) is 0.192. The number of nitrogens with one attached hydrogen (secondary N) is 1. The SMILES string of the molecule is Cc1ccc(CSC2=NN3C(=c4ccccc4=NC3c3ccc(N(C)C)cc3)C(=O)N2)cc1. The van der Waals surface area contributed by atoms with Crippen LogP contribution in [0.1, 0.15) is 22.9 Å². The van der Waals surface area contributed by atoms with Gasteiger partial charge < -0.3 is 4.90 Å². The molecular formula is C26H25N5OS. The zero-order chi connectivity index (χ0) is 22.9. The van der Waals surface area contributed by atoms with Crippen LogP contribution < -0.4 is 20.8 Å². The number of hydrogen-bond donors (Lipinski definition) is 1. The fourth-order valence-corrected chi connectivity index (χ4v) is 4.70. The van der Waals surface area contributed by atoms with Crippen molar-refractivity contribution in [3.63, 3.8) is 0 Å². The maximum atomic E-state index is 13.2. The van der Waals surface area contributed by atoms with Crippen LogP contribution >= 0.6 is 11.8 Å². The van der Waals surface area contributed by atoms with Gasteiger partial charge in [-0.3, -0.25) is 15.1 Å². The van der Waals surface area contributed by atoms with Crippen LogP contribution in [0, 0.1) is 6.92 Å². The summed E-state index contributed by atoms with van der Waals surface area (Å²) in [4.78, 5) is 20.3. The molecule has 0 saturated heterocycles. The van der Waals surface area contributed by atoms with Gasteiger partial charge >= 0.3 is 0 Å². The third-order valence-corrected chi connectivity index (χ3v) is 6.65. The number of para-hydroxylation sites is 1. The summed E-state index contributed by atoms with van der Waals surface area (Å²) in [6.07, 6.45) is -0.410. The molecule has 1 N–H and O–H groups in total. The molecule has 3 aromatic carbocycles. The van der Waals surface area contributed by atoms with E-state index in [1.807, 2.05) is 38.4 Å². The summed E-state index contributed by atoms with van der Waals surface area (Å²) >= 11 is 1.52. The Bertz CT molecular complexity index is 1350. The minimum Gasteiger partial charge on any atom is -0.378 e. The van der Waals surface area contributed by atoms with E-state index in [0.29, 0.717) is 10.9 Å². The Kier molecular flexibility index (Phi) is 5.64. The predicted octanol–water partition coefficient (Wildman–Crippen LogP) is 3.14. The highest BCUT2D eigenvalue weighted by atomic mass is 32.2. The van der Waals surface area contributed by atoms with Gasteiger partial charge in [0.1, 0.15) is 5.70 Å². The smallest absolute Gasteiger partial charge is 0.276 e. The van der Waals surface area contributed by atoms with Crippen molar-refractivity contribution in [3.05, 3.63) is 100 Å². The van der Waals surface area contributed by atoms with Crippen molar-refractivity contribution in [3.8, 4) is 0 Å². The molecule has 3 aromatic rings. The first kappa shape index (κ1) is 21.3. The summed E-state index contributed by atoms with van der Waals surface area (Å²) in [6.45, 7) is 2.07. The van der Waals surface area contributed by atoms with Gasteiger partial charge in [-0.2, -0.15) is 0 Å². The summed E-state index contributed by atoms with van der Waals surface area (Å²) in [7, 11) is 4.03. The van der Waals surface area contributed by atoms with E-state index in [4.69, 9.17) is 10.1 Å². The monoisotopic (exact) mass is 455 g/mol. The number of amidine groups is 1. The Morgan fingerprint density at radius 2 is 1.73 bits per heavy atom. The lowest BCUT2D eigenvalue weighted by Gasteiger charge is -2.34. The van der Waals surface area contributed by atoms with Crippen LogP contribution in [0.5, 0.6) is 0 Å². The number of nitrogens with zero attached hydrogens (tertiary/aromatic N) is 4. The van der Waals surface area contributed by atoms with Gasteiger partial charge in [0.05, 0.1) is 5.36 Å². The Balaban J connectivity index is 1.53. The summed E-state index contributed by atoms with van der Waals surface area (Å²) in [5.74, 6) is 0.562. The fourth-order valence-electron chi connectivity index (χ4n) is 3.89. The first-order valence-electron chi connectivity index (χ1n) is 10.8. The lowest BCUT2D eigenvalue weighted by Crippen LogP contribution is -2.50. The predicted molar refractivity (Wildman–Crippen MR) is 134 cm³/mol. The molecule has 1 atom stereocenters. The molecule has 1 unspecified atom stereocenters. The Hall–Kier alpha value is -3.58. The van der Waals surface area contributed by atoms with E-state index in [9.17, 15) is 4.79 Å². The number of anilines is 1. The minimum atomic E-state index is -0.410. The second kappa shape index (κ2) is 8.75. The zero-order valence-electron chi connectivity index (χ0n) is 18.8. The molecule has 0 radical (unpaired) electrons. The van der Waals surface area contributed by atoms with Crippen LogP contribution in [0.4, 0.5) is 5.69 Å². The Labute approximate surface area is 197 Å². The van der Waals surface area contributed by atoms with Gasteiger partial charge in [0.2, 0.25) is 0 Å². The van der Waals surface area contributed by atoms with Crippen molar-refractivity contribution in [2.75, 3.05) is 19.0 Å². The number of hydrogen-bond acceptors (Lipinski definition) is 6. The highest BCUT2D eigenvalue weighted by molar-refractivity contribution is 8.13. The van der Waals surface area contributed by atoms with Gasteiger partial charge in [0.25, 0.3) is 5.91 Å². The molecule has 0 aromatic heterocycles. The van der Waals surface area contributed by atoms with E-state index < -0.39 is 6.17 Å². The first-order chi connectivity index (χ1) is 16.0. The summed E-state index contributed by atoms with van der Waals surface area (Å²) in [6, 6.07) is 24.4. The van der Waals surface area contributed by atoms with Crippen LogP contribution in [-0.2, 0) is 10.5 Å². The lowest BCUT2D eigenvalue weighted by molar-refractivity contribution is -0.116. The largest absolute Gasteiger partial charge is 0.378 e. The molecule has 0 bridgehead atoms. The summed E-state index contributed by atoms with van der Waals surface area (Å²) in [5, 5.41) is 11.8. The number of rotatable bonds is 4. The van der Waals surface area contributed by atoms with Gasteiger partial charge in [-0.25, -0.2) is 5.01 Å². The van der Waals surface area contributed by atoms with E-state index in [1.165, 1.54) is 22.9 Å². The lowest BCUT2D eigenvalue weighted by atomic mass is 10.1. The van der Waals surface area contributed by atoms with Crippen LogP contribution in [0.2, 0.25) is 0 Å². The van der Waals surface area contributed by atoms with Gasteiger partial charge in [0, 0.05) is 30.8 Å². The zero-order valence-corrected chi connectivity index (χ0v) is 19.6. The number of fused-ring (bicyclic) bond motifs is 2. The molecule has 0 spiro atoms. The second-order valence-electron chi connectivity index (χ2n) is 8.33. The molecule has 6 nitrogen and oxygen atoms in total. The van der Waals surface area contributed by atoms with Crippen LogP contribution in [0.15, 0.2) is 82.9 Å². The summed E-state index contributed by atoms with van der Waals surface area (Å²) in [5.41, 5.74) is 5.02.